The first kappa shape index (κ1) is 12.6. The number of hydrogen-bond donors (Lipinski definition) is 1. The predicted molar refractivity (Wildman–Crippen MR) is 68.0 cm³/mol. The van der Waals surface area contributed by atoms with E-state index in [0.717, 1.165) is 5.56 Å². The highest BCUT2D eigenvalue weighted by molar-refractivity contribution is 5.69. The van der Waals surface area contributed by atoms with Gasteiger partial charge < -0.3 is 14.7 Å². The van der Waals surface area contributed by atoms with Crippen LogP contribution >= 0.6 is 0 Å². The van der Waals surface area contributed by atoms with Crippen LogP contribution in [0, 0.1) is 0 Å². The van der Waals surface area contributed by atoms with Gasteiger partial charge in [0.1, 0.15) is 12.2 Å². The Morgan fingerprint density at radius 3 is 2.72 bits per heavy atom. The van der Waals surface area contributed by atoms with Gasteiger partial charge in [0.2, 0.25) is 0 Å². The van der Waals surface area contributed by atoms with Gasteiger partial charge in [-0.3, -0.25) is 0 Å². The Hall–Kier alpha value is -1.81. The molecule has 1 N–H and O–H groups in total. The van der Waals surface area contributed by atoms with Crippen molar-refractivity contribution in [3.63, 3.8) is 0 Å². The highest BCUT2D eigenvalue weighted by Gasteiger charge is 2.43. The number of likely N-dealkylation sites (tertiary alicyclic amines) is 1. The van der Waals surface area contributed by atoms with Crippen molar-refractivity contribution in [1.82, 2.24) is 4.90 Å². The average Bonchev–Trinajstić information content (AvgIpc) is 2.34. The molecule has 4 heteroatoms. The first-order valence-corrected chi connectivity index (χ1v) is 5.92. The topological polar surface area (TPSA) is 49.8 Å². The Morgan fingerprint density at radius 2 is 2.11 bits per heavy atom. The molecule has 96 valence electrons. The number of β-amino-alcohol motifs (C(OH)–C–C–N with tert-alkyl or cyclic N) is 1. The Balaban J connectivity index is 1.76. The maximum absolute atomic E-state index is 11.7. The van der Waals surface area contributed by atoms with E-state index in [2.05, 4.69) is 6.58 Å². The molecular weight excluding hydrogens is 230 g/mol. The van der Waals surface area contributed by atoms with Crippen LogP contribution in [0.5, 0.6) is 0 Å². The standard InChI is InChI=1S/C14H17NO3/c1-2-8-14(17)10-15(11-14)13(16)18-9-12-6-4-3-5-7-12/h2-7,17H,1,8-11H2. The number of rotatable bonds is 4. The maximum atomic E-state index is 11.7. The molecule has 0 atom stereocenters. The number of carbonyl (C=O) groups excluding carboxylic acids is 1. The summed E-state index contributed by atoms with van der Waals surface area (Å²) in [5.74, 6) is 0. The van der Waals surface area contributed by atoms with Crippen LogP contribution in [0.15, 0.2) is 43.0 Å². The van der Waals surface area contributed by atoms with E-state index in [0.29, 0.717) is 19.5 Å². The third-order valence-corrected chi connectivity index (χ3v) is 2.96. The smallest absolute Gasteiger partial charge is 0.410 e. The molecule has 0 saturated carbocycles. The fraction of sp³-hybridized carbons (Fsp3) is 0.357. The van der Waals surface area contributed by atoms with E-state index in [1.807, 2.05) is 30.3 Å². The van der Waals surface area contributed by atoms with Crippen LogP contribution in [0.2, 0.25) is 0 Å². The number of hydrogen-bond acceptors (Lipinski definition) is 3. The minimum atomic E-state index is -0.812. The maximum Gasteiger partial charge on any atom is 0.410 e. The van der Waals surface area contributed by atoms with Gasteiger partial charge in [-0.05, 0) is 12.0 Å². The van der Waals surface area contributed by atoms with Crippen LogP contribution in [-0.4, -0.2) is 34.8 Å². The molecule has 1 amide bonds. The molecule has 0 unspecified atom stereocenters. The van der Waals surface area contributed by atoms with Crippen molar-refractivity contribution in [3.05, 3.63) is 48.6 Å². The van der Waals surface area contributed by atoms with Crippen LogP contribution in [0.3, 0.4) is 0 Å². The van der Waals surface area contributed by atoms with Gasteiger partial charge in [-0.1, -0.05) is 36.4 Å². The van der Waals surface area contributed by atoms with Gasteiger partial charge in [-0.25, -0.2) is 4.79 Å². The third kappa shape index (κ3) is 2.90. The lowest BCUT2D eigenvalue weighted by Gasteiger charge is -2.45. The summed E-state index contributed by atoms with van der Waals surface area (Å²) in [5, 5.41) is 9.89. The minimum absolute atomic E-state index is 0.260. The molecule has 0 spiro atoms. The minimum Gasteiger partial charge on any atom is -0.445 e. The van der Waals surface area contributed by atoms with Crippen LogP contribution in [0.25, 0.3) is 0 Å². The molecule has 1 saturated heterocycles. The van der Waals surface area contributed by atoms with E-state index in [-0.39, 0.29) is 12.7 Å². The van der Waals surface area contributed by atoms with Crippen molar-refractivity contribution in [2.45, 2.75) is 18.6 Å². The van der Waals surface area contributed by atoms with Crippen molar-refractivity contribution in [2.75, 3.05) is 13.1 Å². The number of aliphatic hydroxyl groups is 1. The van der Waals surface area contributed by atoms with E-state index >= 15 is 0 Å². The van der Waals surface area contributed by atoms with Crippen molar-refractivity contribution in [3.8, 4) is 0 Å². The second kappa shape index (κ2) is 5.23. The van der Waals surface area contributed by atoms with Gasteiger partial charge in [0.05, 0.1) is 13.1 Å². The molecule has 18 heavy (non-hydrogen) atoms. The second-order valence-electron chi connectivity index (χ2n) is 4.61. The summed E-state index contributed by atoms with van der Waals surface area (Å²) in [6.07, 6.45) is 1.77. The van der Waals surface area contributed by atoms with Crippen LogP contribution in [-0.2, 0) is 11.3 Å². The van der Waals surface area contributed by atoms with Crippen LogP contribution in [0.4, 0.5) is 4.79 Å². The van der Waals surface area contributed by atoms with Crippen molar-refractivity contribution >= 4 is 6.09 Å². The van der Waals surface area contributed by atoms with Gasteiger partial charge >= 0.3 is 6.09 Å². The predicted octanol–water partition coefficient (Wildman–Crippen LogP) is 1.95. The van der Waals surface area contributed by atoms with Gasteiger partial charge in [0.25, 0.3) is 0 Å². The molecule has 2 rings (SSSR count). The van der Waals surface area contributed by atoms with Crippen molar-refractivity contribution < 1.29 is 14.6 Å². The first-order valence-electron chi connectivity index (χ1n) is 5.92. The molecule has 4 nitrogen and oxygen atoms in total. The molecule has 1 aromatic rings. The summed E-state index contributed by atoms with van der Waals surface area (Å²) in [7, 11) is 0. The summed E-state index contributed by atoms with van der Waals surface area (Å²) in [6.45, 7) is 4.46. The lowest BCUT2D eigenvalue weighted by Crippen LogP contribution is -2.63. The normalized spacial score (nSPS) is 16.8. The summed E-state index contributed by atoms with van der Waals surface area (Å²) in [5.41, 5.74) is 0.140. The summed E-state index contributed by atoms with van der Waals surface area (Å²) < 4.78 is 5.15. The van der Waals surface area contributed by atoms with Crippen LogP contribution < -0.4 is 0 Å². The highest BCUT2D eigenvalue weighted by Crippen LogP contribution is 2.25. The number of carbonyl (C=O) groups is 1. The Bertz CT molecular complexity index is 424. The fourth-order valence-electron chi connectivity index (χ4n) is 2.00. The summed E-state index contributed by atoms with van der Waals surface area (Å²) in [4.78, 5) is 13.1. The largest absolute Gasteiger partial charge is 0.445 e. The molecule has 1 aromatic carbocycles. The van der Waals surface area contributed by atoms with E-state index in [1.165, 1.54) is 4.90 Å². The van der Waals surface area contributed by atoms with Gasteiger partial charge in [-0.15, -0.1) is 6.58 Å². The van der Waals surface area contributed by atoms with E-state index in [9.17, 15) is 9.90 Å². The molecule has 0 aromatic heterocycles. The lowest BCUT2D eigenvalue weighted by molar-refractivity contribution is -0.0868. The van der Waals surface area contributed by atoms with Gasteiger partial charge in [0, 0.05) is 0 Å². The third-order valence-electron chi connectivity index (χ3n) is 2.96. The Kier molecular flexibility index (Phi) is 3.67. The average molecular weight is 247 g/mol. The molecule has 1 heterocycles. The quantitative estimate of drug-likeness (QED) is 0.827. The number of ether oxygens (including phenoxy) is 1. The monoisotopic (exact) mass is 247 g/mol. The van der Waals surface area contributed by atoms with Gasteiger partial charge in [-0.2, -0.15) is 0 Å². The Labute approximate surface area is 106 Å². The fourth-order valence-corrected chi connectivity index (χ4v) is 2.00. The highest BCUT2D eigenvalue weighted by atomic mass is 16.6. The second-order valence-corrected chi connectivity index (χ2v) is 4.61. The lowest BCUT2D eigenvalue weighted by atomic mass is 9.91. The van der Waals surface area contributed by atoms with Crippen molar-refractivity contribution in [2.24, 2.45) is 0 Å². The summed E-state index contributed by atoms with van der Waals surface area (Å²) in [6, 6.07) is 9.51. The molecule has 0 bridgehead atoms. The molecule has 1 aliphatic heterocycles. The Morgan fingerprint density at radius 1 is 1.44 bits per heavy atom. The number of nitrogens with zero attached hydrogens (tertiary/aromatic N) is 1. The van der Waals surface area contributed by atoms with E-state index in [1.54, 1.807) is 6.08 Å². The molecule has 1 fully saturated rings. The van der Waals surface area contributed by atoms with Gasteiger partial charge in [0.15, 0.2) is 0 Å². The molecule has 0 radical (unpaired) electrons. The zero-order valence-corrected chi connectivity index (χ0v) is 10.2. The van der Waals surface area contributed by atoms with Crippen molar-refractivity contribution in [1.29, 1.82) is 0 Å². The number of benzene rings is 1. The van der Waals surface area contributed by atoms with Crippen LogP contribution in [0.1, 0.15) is 12.0 Å². The number of amides is 1. The van der Waals surface area contributed by atoms with E-state index in [4.69, 9.17) is 4.74 Å². The SMILES string of the molecule is C=CCC1(O)CN(C(=O)OCc2ccccc2)C1. The molecule has 0 aliphatic carbocycles. The molecular formula is C14H17NO3. The zero-order valence-electron chi connectivity index (χ0n) is 10.2. The van der Waals surface area contributed by atoms with E-state index < -0.39 is 5.60 Å². The zero-order chi connectivity index (χ0) is 13.0. The first-order chi connectivity index (χ1) is 8.63. The molecule has 1 aliphatic rings. The summed E-state index contributed by atoms with van der Waals surface area (Å²) >= 11 is 0.